The number of fused-ring (bicyclic) bond motifs is 1. The van der Waals surface area contributed by atoms with Crippen LogP contribution in [0.1, 0.15) is 29.6 Å². The third-order valence-electron chi connectivity index (χ3n) is 5.28. The Balaban J connectivity index is 1.35. The quantitative estimate of drug-likeness (QED) is 0.462. The lowest BCUT2D eigenvalue weighted by Gasteiger charge is -2.24. The number of nitrogens with zero attached hydrogens (tertiary/aromatic N) is 6. The highest BCUT2D eigenvalue weighted by Gasteiger charge is 2.39. The summed E-state index contributed by atoms with van der Waals surface area (Å²) in [6.45, 7) is 0.471. The minimum atomic E-state index is -0.943. The topological polar surface area (TPSA) is 101 Å². The molecule has 0 bridgehead atoms. The van der Waals surface area contributed by atoms with Gasteiger partial charge in [0, 0.05) is 18.0 Å². The number of hydrogen-bond acceptors (Lipinski definition) is 7. The second-order valence-corrected chi connectivity index (χ2v) is 7.80. The minimum Gasteiger partial charge on any atom is -0.380 e. The summed E-state index contributed by atoms with van der Waals surface area (Å²) >= 11 is 5.96. The van der Waals surface area contributed by atoms with Gasteiger partial charge in [0.2, 0.25) is 5.89 Å². The molecule has 0 aliphatic carbocycles. The van der Waals surface area contributed by atoms with Crippen LogP contribution < -0.4 is 5.56 Å². The molecule has 0 saturated carbocycles. The first kappa shape index (κ1) is 19.0. The molecule has 3 aromatic heterocycles. The molecule has 1 fully saturated rings. The monoisotopic (exact) mass is 422 g/mol. The highest BCUT2D eigenvalue weighted by atomic mass is 35.5. The van der Waals surface area contributed by atoms with E-state index in [0.29, 0.717) is 40.9 Å². The Hall–Kier alpha value is -2.98. The first-order chi connectivity index (χ1) is 14.4. The molecule has 0 unspecified atom stereocenters. The van der Waals surface area contributed by atoms with Gasteiger partial charge in [0.25, 0.3) is 5.56 Å². The van der Waals surface area contributed by atoms with Crippen molar-refractivity contribution in [3.63, 3.8) is 0 Å². The van der Waals surface area contributed by atoms with Gasteiger partial charge < -0.3 is 13.8 Å². The predicted molar refractivity (Wildman–Crippen MR) is 108 cm³/mol. The highest BCUT2D eigenvalue weighted by Crippen LogP contribution is 2.40. The fraction of sp³-hybridized carbons (Fsp3) is 0.316. The van der Waals surface area contributed by atoms with Crippen molar-refractivity contribution in [3.05, 3.63) is 69.6 Å². The van der Waals surface area contributed by atoms with Crippen LogP contribution in [0.3, 0.4) is 0 Å². The maximum atomic E-state index is 12.7. The number of ether oxygens (including phenoxy) is 1. The van der Waals surface area contributed by atoms with Crippen molar-refractivity contribution in [2.45, 2.75) is 24.4 Å². The smallest absolute Gasteiger partial charge is 0.280 e. The highest BCUT2D eigenvalue weighted by molar-refractivity contribution is 6.30. The van der Waals surface area contributed by atoms with Gasteiger partial charge in [-0.15, -0.1) is 0 Å². The fourth-order valence-electron chi connectivity index (χ4n) is 3.66. The Morgan fingerprint density at radius 1 is 1.27 bits per heavy atom. The maximum Gasteiger partial charge on any atom is 0.280 e. The van der Waals surface area contributed by atoms with E-state index in [1.54, 1.807) is 30.1 Å². The zero-order valence-electron chi connectivity index (χ0n) is 16.0. The molecule has 11 heteroatoms. The summed E-state index contributed by atoms with van der Waals surface area (Å²) in [5, 5.41) is 4.70. The largest absolute Gasteiger partial charge is 0.380 e. The van der Waals surface area contributed by atoms with Gasteiger partial charge in [-0.05, 0) is 24.1 Å². The molecule has 9 nitrogen and oxygen atoms in total. The van der Waals surface area contributed by atoms with Gasteiger partial charge in [-0.25, -0.2) is 9.97 Å². The Morgan fingerprint density at radius 3 is 2.83 bits per heavy atom. The number of aromatic nitrogens is 6. The molecular formula is C19H16BClN6O3. The Bertz CT molecular complexity index is 1280. The van der Waals surface area contributed by atoms with E-state index in [1.807, 2.05) is 12.1 Å². The van der Waals surface area contributed by atoms with E-state index in [1.165, 1.54) is 10.9 Å². The van der Waals surface area contributed by atoms with Crippen LogP contribution in [0.2, 0.25) is 5.02 Å². The van der Waals surface area contributed by atoms with E-state index >= 15 is 0 Å². The SMILES string of the molecule is [B][C@]1(c2ccc(Cl)cc2)C[C@H](c2noc(Cn3cnc4ncn(C)c4c3=O)n2)CO1. The molecule has 0 amide bonds. The van der Waals surface area contributed by atoms with Crippen molar-refractivity contribution in [1.29, 1.82) is 0 Å². The Labute approximate surface area is 177 Å². The average Bonchev–Trinajstić information content (AvgIpc) is 3.44. The first-order valence-corrected chi connectivity index (χ1v) is 9.68. The maximum absolute atomic E-state index is 12.7. The molecule has 1 saturated heterocycles. The van der Waals surface area contributed by atoms with Crippen LogP contribution in [0.5, 0.6) is 0 Å². The molecule has 1 aliphatic heterocycles. The lowest BCUT2D eigenvalue weighted by molar-refractivity contribution is 0.0717. The first-order valence-electron chi connectivity index (χ1n) is 9.31. The second kappa shape index (κ2) is 7.07. The lowest BCUT2D eigenvalue weighted by Crippen LogP contribution is -2.25. The van der Waals surface area contributed by atoms with Crippen LogP contribution in [0.25, 0.3) is 11.2 Å². The van der Waals surface area contributed by atoms with Crippen LogP contribution in [-0.2, 0) is 23.8 Å². The molecule has 30 heavy (non-hydrogen) atoms. The third kappa shape index (κ3) is 3.22. The standard InChI is InChI=1S/C19H16BClN6O3/c1-26-9-22-17-15(26)18(28)27(10-23-17)7-14-24-16(25-30-14)11-6-19(20,29-8-11)12-2-4-13(21)5-3-12/h2-5,9-11H,6-8H2,1H3/t11-,19+/m0/s1. The summed E-state index contributed by atoms with van der Waals surface area (Å²) in [5.74, 6) is 0.669. The number of rotatable bonds is 4. The molecule has 4 heterocycles. The zero-order chi connectivity index (χ0) is 20.9. The van der Waals surface area contributed by atoms with E-state index in [2.05, 4.69) is 20.1 Å². The van der Waals surface area contributed by atoms with Gasteiger partial charge in [0.1, 0.15) is 20.7 Å². The van der Waals surface area contributed by atoms with E-state index in [0.717, 1.165) is 5.56 Å². The summed E-state index contributed by atoms with van der Waals surface area (Å²) in [6.07, 6.45) is 3.47. The molecule has 2 radical (unpaired) electrons. The van der Waals surface area contributed by atoms with Gasteiger partial charge in [0.05, 0.1) is 18.4 Å². The van der Waals surface area contributed by atoms with Crippen molar-refractivity contribution in [2.24, 2.45) is 7.05 Å². The second-order valence-electron chi connectivity index (χ2n) is 7.36. The van der Waals surface area contributed by atoms with Gasteiger partial charge in [-0.2, -0.15) is 4.98 Å². The van der Waals surface area contributed by atoms with Crippen molar-refractivity contribution in [2.75, 3.05) is 6.61 Å². The number of halogens is 1. The third-order valence-corrected chi connectivity index (χ3v) is 5.53. The van der Waals surface area contributed by atoms with Crippen molar-refractivity contribution in [3.8, 4) is 0 Å². The van der Waals surface area contributed by atoms with E-state index in [9.17, 15) is 4.79 Å². The van der Waals surface area contributed by atoms with Crippen LogP contribution in [0, 0.1) is 0 Å². The zero-order valence-corrected chi connectivity index (χ0v) is 16.8. The normalized spacial score (nSPS) is 21.5. The Morgan fingerprint density at radius 2 is 2.03 bits per heavy atom. The molecular weight excluding hydrogens is 407 g/mol. The van der Waals surface area contributed by atoms with Crippen molar-refractivity contribution < 1.29 is 9.26 Å². The van der Waals surface area contributed by atoms with Crippen molar-refractivity contribution in [1.82, 2.24) is 29.2 Å². The minimum absolute atomic E-state index is 0.110. The predicted octanol–water partition coefficient (Wildman–Crippen LogP) is 1.74. The molecule has 1 aliphatic rings. The van der Waals surface area contributed by atoms with E-state index < -0.39 is 5.50 Å². The number of hydrogen-bond donors (Lipinski definition) is 0. The molecule has 4 aromatic rings. The summed E-state index contributed by atoms with van der Waals surface area (Å²) in [7, 11) is 8.20. The van der Waals surface area contributed by atoms with Crippen molar-refractivity contribution >= 4 is 30.6 Å². The van der Waals surface area contributed by atoms with Crippen LogP contribution in [0.4, 0.5) is 0 Å². The van der Waals surface area contributed by atoms with Crippen LogP contribution in [0.15, 0.2) is 46.2 Å². The summed E-state index contributed by atoms with van der Waals surface area (Å²) < 4.78 is 14.3. The Kier molecular flexibility index (Phi) is 4.48. The summed E-state index contributed by atoms with van der Waals surface area (Å²) in [4.78, 5) is 25.4. The molecule has 1 aromatic carbocycles. The molecule has 2 atom stereocenters. The number of benzene rings is 1. The molecule has 0 spiro atoms. The fourth-order valence-corrected chi connectivity index (χ4v) is 3.79. The molecule has 5 rings (SSSR count). The number of imidazole rings is 1. The average molecular weight is 423 g/mol. The summed E-state index contributed by atoms with van der Waals surface area (Å²) in [6, 6.07) is 7.25. The van der Waals surface area contributed by atoms with Gasteiger partial charge in [0.15, 0.2) is 17.0 Å². The number of aryl methyl sites for hydroxylation is 1. The lowest BCUT2D eigenvalue weighted by atomic mass is 9.72. The summed E-state index contributed by atoms with van der Waals surface area (Å²) in [5.41, 5.74) is 0.473. The van der Waals surface area contributed by atoms with Gasteiger partial charge in [-0.3, -0.25) is 9.36 Å². The van der Waals surface area contributed by atoms with Gasteiger partial charge in [-0.1, -0.05) is 28.9 Å². The van der Waals surface area contributed by atoms with Crippen LogP contribution >= 0.6 is 11.6 Å². The molecule has 150 valence electrons. The van der Waals surface area contributed by atoms with Crippen LogP contribution in [-0.4, -0.2) is 43.7 Å². The van der Waals surface area contributed by atoms with E-state index in [-0.39, 0.29) is 18.0 Å². The molecule has 0 N–H and O–H groups in total. The van der Waals surface area contributed by atoms with E-state index in [4.69, 9.17) is 28.7 Å². The van der Waals surface area contributed by atoms with Gasteiger partial charge >= 0.3 is 0 Å².